The fourth-order valence-corrected chi connectivity index (χ4v) is 4.82. The van der Waals surface area contributed by atoms with Crippen molar-refractivity contribution in [1.82, 2.24) is 19.8 Å². The van der Waals surface area contributed by atoms with Crippen LogP contribution < -0.4 is 5.32 Å². The van der Waals surface area contributed by atoms with E-state index in [9.17, 15) is 9.59 Å². The molecule has 9 heteroatoms. The van der Waals surface area contributed by atoms with Gasteiger partial charge in [-0.05, 0) is 83.7 Å². The summed E-state index contributed by atoms with van der Waals surface area (Å²) in [5.74, 6) is -0.588. The van der Waals surface area contributed by atoms with Crippen molar-refractivity contribution >= 4 is 28.6 Å². The Labute approximate surface area is 236 Å². The van der Waals surface area contributed by atoms with Crippen molar-refractivity contribution in [3.05, 3.63) is 71.6 Å². The van der Waals surface area contributed by atoms with Crippen LogP contribution in [0, 0.1) is 0 Å². The number of piperidine rings is 1. The van der Waals surface area contributed by atoms with Gasteiger partial charge < -0.3 is 29.6 Å². The zero-order valence-corrected chi connectivity index (χ0v) is 24.0. The fourth-order valence-electron chi connectivity index (χ4n) is 4.82. The van der Waals surface area contributed by atoms with Gasteiger partial charge in [0.1, 0.15) is 6.10 Å². The standard InChI is InChI=1S/C31H41N5O4/c1-22(2)40-31(38)25-13-14-32-26-21-27(34-29(25)26)30(39-19-18-36-16-6-5-7-17-36)23-10-8-11-24(20-23)33-28(37)12-9-15-35(3)4/h8-14,20-22,30,34H,5-7,15-19H2,1-4H3,(H,33,37)/b12-9+. The molecule has 3 heterocycles. The van der Waals surface area contributed by atoms with Crippen LogP contribution in [0.4, 0.5) is 5.69 Å². The van der Waals surface area contributed by atoms with Crippen molar-refractivity contribution in [2.24, 2.45) is 0 Å². The number of carbonyl (C=O) groups is 2. The average molecular weight is 548 g/mol. The van der Waals surface area contributed by atoms with Crippen LogP contribution in [-0.4, -0.2) is 84.6 Å². The van der Waals surface area contributed by atoms with Gasteiger partial charge in [-0.3, -0.25) is 9.78 Å². The number of esters is 1. The number of likely N-dealkylation sites (N-methyl/N-ethyl adjacent to an activating group) is 1. The van der Waals surface area contributed by atoms with Gasteiger partial charge in [0, 0.05) is 31.0 Å². The first kappa shape index (κ1) is 29.5. The lowest BCUT2D eigenvalue weighted by molar-refractivity contribution is -0.111. The van der Waals surface area contributed by atoms with Gasteiger partial charge in [0.05, 0.1) is 35.0 Å². The summed E-state index contributed by atoms with van der Waals surface area (Å²) in [5, 5.41) is 2.95. The van der Waals surface area contributed by atoms with Crippen molar-refractivity contribution in [2.45, 2.75) is 45.3 Å². The number of H-pyrrole nitrogens is 1. The molecule has 1 aromatic carbocycles. The smallest absolute Gasteiger partial charge is 0.340 e. The molecule has 1 atom stereocenters. The van der Waals surface area contributed by atoms with Gasteiger partial charge in [-0.1, -0.05) is 24.6 Å². The summed E-state index contributed by atoms with van der Waals surface area (Å²) < 4.78 is 12.0. The maximum Gasteiger partial charge on any atom is 0.340 e. The highest BCUT2D eigenvalue weighted by Crippen LogP contribution is 2.31. The van der Waals surface area contributed by atoms with Crippen LogP contribution in [-0.2, 0) is 14.3 Å². The SMILES string of the molecule is CC(C)OC(=O)c1ccnc2cc(C(OCCN3CCCCC3)c3cccc(NC(=O)/C=C/CN(C)C)c3)[nH]c12. The summed E-state index contributed by atoms with van der Waals surface area (Å²) in [6.07, 6.45) is 8.02. The zero-order valence-electron chi connectivity index (χ0n) is 24.0. The molecule has 0 radical (unpaired) electrons. The molecule has 0 spiro atoms. The number of amides is 1. The lowest BCUT2D eigenvalue weighted by Crippen LogP contribution is -2.33. The van der Waals surface area contributed by atoms with Gasteiger partial charge in [-0.25, -0.2) is 4.79 Å². The molecule has 1 amide bonds. The summed E-state index contributed by atoms with van der Waals surface area (Å²) in [6.45, 7) is 7.90. The van der Waals surface area contributed by atoms with Gasteiger partial charge >= 0.3 is 5.97 Å². The minimum Gasteiger partial charge on any atom is -0.459 e. The van der Waals surface area contributed by atoms with E-state index in [0.29, 0.717) is 35.4 Å². The zero-order chi connectivity index (χ0) is 28.5. The van der Waals surface area contributed by atoms with Crippen molar-refractivity contribution in [2.75, 3.05) is 52.2 Å². The molecule has 0 bridgehead atoms. The average Bonchev–Trinajstić information content (AvgIpc) is 3.35. The quantitative estimate of drug-likeness (QED) is 0.249. The molecule has 1 aliphatic heterocycles. The van der Waals surface area contributed by atoms with Gasteiger partial charge in [-0.15, -0.1) is 0 Å². The number of aromatic nitrogens is 2. The molecule has 0 saturated carbocycles. The third-order valence-electron chi connectivity index (χ3n) is 6.72. The van der Waals surface area contributed by atoms with E-state index in [1.54, 1.807) is 18.3 Å². The molecule has 4 rings (SSSR count). The maximum atomic E-state index is 12.8. The van der Waals surface area contributed by atoms with Crippen LogP contribution in [0.5, 0.6) is 0 Å². The predicted molar refractivity (Wildman–Crippen MR) is 157 cm³/mol. The molecule has 9 nitrogen and oxygen atoms in total. The number of hydrogen-bond acceptors (Lipinski definition) is 7. The van der Waals surface area contributed by atoms with Crippen molar-refractivity contribution < 1.29 is 19.1 Å². The molecule has 1 saturated heterocycles. The number of benzene rings is 1. The third kappa shape index (κ3) is 8.24. The molecule has 214 valence electrons. The van der Waals surface area contributed by atoms with Gasteiger partial charge in [0.15, 0.2) is 0 Å². The Kier molecular flexibility index (Phi) is 10.5. The maximum absolute atomic E-state index is 12.8. The number of ether oxygens (including phenoxy) is 2. The Hall–Kier alpha value is -3.53. The summed E-state index contributed by atoms with van der Waals surface area (Å²) in [4.78, 5) is 37.5. The molecule has 1 aliphatic rings. The van der Waals surface area contributed by atoms with E-state index in [-0.39, 0.29) is 12.0 Å². The fraction of sp³-hybridized carbons (Fsp3) is 0.452. The second kappa shape index (κ2) is 14.2. The number of aromatic amines is 1. The molecule has 2 N–H and O–H groups in total. The number of nitrogens with zero attached hydrogens (tertiary/aromatic N) is 3. The van der Waals surface area contributed by atoms with E-state index >= 15 is 0 Å². The highest BCUT2D eigenvalue weighted by molar-refractivity contribution is 6.02. The first-order chi connectivity index (χ1) is 19.3. The number of fused-ring (bicyclic) bond motifs is 1. The molecule has 1 fully saturated rings. The van der Waals surface area contributed by atoms with Crippen LogP contribution in [0.2, 0.25) is 0 Å². The largest absolute Gasteiger partial charge is 0.459 e. The Morgan fingerprint density at radius 3 is 2.70 bits per heavy atom. The first-order valence-electron chi connectivity index (χ1n) is 14.0. The number of nitrogens with one attached hydrogen (secondary N) is 2. The highest BCUT2D eigenvalue weighted by atomic mass is 16.5. The van der Waals surface area contributed by atoms with E-state index in [4.69, 9.17) is 9.47 Å². The lowest BCUT2D eigenvalue weighted by atomic mass is 10.1. The van der Waals surface area contributed by atoms with Gasteiger partial charge in [0.25, 0.3) is 0 Å². The second-order valence-electron chi connectivity index (χ2n) is 10.7. The molecule has 40 heavy (non-hydrogen) atoms. The highest BCUT2D eigenvalue weighted by Gasteiger charge is 2.22. The van der Waals surface area contributed by atoms with E-state index < -0.39 is 12.1 Å². The van der Waals surface area contributed by atoms with Crippen molar-refractivity contribution in [3.8, 4) is 0 Å². The Morgan fingerprint density at radius 2 is 1.95 bits per heavy atom. The van der Waals surface area contributed by atoms with Crippen LogP contribution in [0.1, 0.15) is 60.8 Å². The second-order valence-corrected chi connectivity index (χ2v) is 10.7. The molecule has 1 unspecified atom stereocenters. The van der Waals surface area contributed by atoms with E-state index in [1.807, 2.05) is 69.3 Å². The topological polar surface area (TPSA) is 99.8 Å². The predicted octanol–water partition coefficient (Wildman–Crippen LogP) is 4.78. The van der Waals surface area contributed by atoms with Crippen molar-refractivity contribution in [1.29, 1.82) is 0 Å². The number of pyridine rings is 1. The summed E-state index contributed by atoms with van der Waals surface area (Å²) >= 11 is 0. The minimum atomic E-state index is -0.450. The minimum absolute atomic E-state index is 0.190. The number of rotatable bonds is 12. The van der Waals surface area contributed by atoms with Crippen LogP contribution in [0.25, 0.3) is 11.0 Å². The molecule has 3 aromatic rings. The van der Waals surface area contributed by atoms with Crippen LogP contribution in [0.3, 0.4) is 0 Å². The molecular formula is C31H41N5O4. The Bertz CT molecular complexity index is 1310. The summed E-state index contributed by atoms with van der Waals surface area (Å²) in [6, 6.07) is 11.3. The van der Waals surface area contributed by atoms with Crippen molar-refractivity contribution in [3.63, 3.8) is 0 Å². The van der Waals surface area contributed by atoms with Gasteiger partial charge in [0.2, 0.25) is 5.91 Å². The normalized spacial score (nSPS) is 15.2. The number of hydrogen-bond donors (Lipinski definition) is 2. The Balaban J connectivity index is 1.60. The van der Waals surface area contributed by atoms with Crippen LogP contribution >= 0.6 is 0 Å². The molecule has 0 aliphatic carbocycles. The van der Waals surface area contributed by atoms with E-state index in [1.165, 1.54) is 19.3 Å². The van der Waals surface area contributed by atoms with Gasteiger partial charge in [-0.2, -0.15) is 0 Å². The monoisotopic (exact) mass is 547 g/mol. The molecular weight excluding hydrogens is 506 g/mol. The number of likely N-dealkylation sites (tertiary alicyclic amines) is 1. The summed E-state index contributed by atoms with van der Waals surface area (Å²) in [7, 11) is 3.90. The number of carbonyl (C=O) groups excluding carboxylic acids is 2. The first-order valence-corrected chi connectivity index (χ1v) is 14.0. The summed E-state index contributed by atoms with van der Waals surface area (Å²) in [5.41, 5.74) is 4.04. The Morgan fingerprint density at radius 1 is 1.15 bits per heavy atom. The van der Waals surface area contributed by atoms with E-state index in [2.05, 4.69) is 20.2 Å². The number of anilines is 1. The lowest BCUT2D eigenvalue weighted by Gasteiger charge is -2.27. The third-order valence-corrected chi connectivity index (χ3v) is 6.72. The van der Waals surface area contributed by atoms with Crippen LogP contribution in [0.15, 0.2) is 54.7 Å². The van der Waals surface area contributed by atoms with E-state index in [0.717, 1.165) is 30.9 Å². The molecule has 2 aromatic heterocycles.